The van der Waals surface area contributed by atoms with Gasteiger partial charge in [0.1, 0.15) is 0 Å². The van der Waals surface area contributed by atoms with Gasteiger partial charge >= 0.3 is 0 Å². The van der Waals surface area contributed by atoms with Crippen molar-refractivity contribution in [3.8, 4) is 5.75 Å². The second kappa shape index (κ2) is 3.89. The fraction of sp³-hybridized carbons (Fsp3) is 0.700. The van der Waals surface area contributed by atoms with E-state index >= 15 is 0 Å². The molecule has 0 bridgehead atoms. The zero-order chi connectivity index (χ0) is 10.9. The third-order valence-corrected chi connectivity index (χ3v) is 4.00. The van der Waals surface area contributed by atoms with Crippen LogP contribution in [-0.4, -0.2) is 17.0 Å². The van der Waals surface area contributed by atoms with Crippen LogP contribution >= 0.6 is 11.5 Å². The first-order valence-electron chi connectivity index (χ1n) is 5.28. The van der Waals surface area contributed by atoms with Crippen LogP contribution in [0.2, 0.25) is 0 Å². The lowest BCUT2D eigenvalue weighted by atomic mass is 9.75. The number of nitrogen functional groups attached to an aromatic ring is 1. The molecule has 1 aromatic rings. The molecule has 3 N–H and O–H groups in total. The fourth-order valence-electron chi connectivity index (χ4n) is 1.98. The number of nitrogens with zero attached hydrogens (tertiary/aromatic N) is 1. The molecule has 0 atom stereocenters. The molecule has 5 heteroatoms. The number of anilines is 2. The SMILES string of the molecule is CCC1(Nc2snc(N)c2OC)CCC1. The monoisotopic (exact) mass is 227 g/mol. The van der Waals surface area contributed by atoms with Gasteiger partial charge in [0, 0.05) is 5.54 Å². The van der Waals surface area contributed by atoms with Gasteiger partial charge in [0.05, 0.1) is 7.11 Å². The van der Waals surface area contributed by atoms with Crippen LogP contribution in [0.15, 0.2) is 0 Å². The van der Waals surface area contributed by atoms with Crippen molar-refractivity contribution in [3.63, 3.8) is 0 Å². The summed E-state index contributed by atoms with van der Waals surface area (Å²) in [6, 6.07) is 0. The second-order valence-corrected chi connectivity index (χ2v) is 4.82. The molecular formula is C10H17N3OS. The van der Waals surface area contributed by atoms with Gasteiger partial charge < -0.3 is 15.8 Å². The van der Waals surface area contributed by atoms with E-state index < -0.39 is 0 Å². The molecule has 15 heavy (non-hydrogen) atoms. The van der Waals surface area contributed by atoms with Gasteiger partial charge in [-0.25, -0.2) is 0 Å². The molecule has 0 saturated heterocycles. The molecule has 0 radical (unpaired) electrons. The highest BCUT2D eigenvalue weighted by molar-refractivity contribution is 7.11. The molecule has 4 nitrogen and oxygen atoms in total. The lowest BCUT2D eigenvalue weighted by Crippen LogP contribution is -2.44. The Bertz CT molecular complexity index is 341. The van der Waals surface area contributed by atoms with Crippen molar-refractivity contribution in [2.75, 3.05) is 18.2 Å². The molecule has 0 aliphatic heterocycles. The van der Waals surface area contributed by atoms with E-state index in [9.17, 15) is 0 Å². The van der Waals surface area contributed by atoms with E-state index in [4.69, 9.17) is 10.5 Å². The molecule has 84 valence electrons. The third-order valence-electron chi connectivity index (χ3n) is 3.24. The third kappa shape index (κ3) is 1.76. The van der Waals surface area contributed by atoms with Crippen LogP contribution in [-0.2, 0) is 0 Å². The van der Waals surface area contributed by atoms with E-state index in [2.05, 4.69) is 16.6 Å². The van der Waals surface area contributed by atoms with Crippen molar-refractivity contribution in [1.82, 2.24) is 4.37 Å². The Morgan fingerprint density at radius 1 is 1.60 bits per heavy atom. The van der Waals surface area contributed by atoms with Gasteiger partial charge in [-0.3, -0.25) is 0 Å². The van der Waals surface area contributed by atoms with Crippen molar-refractivity contribution in [3.05, 3.63) is 0 Å². The Balaban J connectivity index is 2.16. The number of hydrogen-bond acceptors (Lipinski definition) is 5. The molecule has 0 aromatic carbocycles. The molecule has 1 fully saturated rings. The Kier molecular flexibility index (Phi) is 2.73. The van der Waals surface area contributed by atoms with Crippen molar-refractivity contribution >= 4 is 22.4 Å². The zero-order valence-electron chi connectivity index (χ0n) is 9.17. The molecular weight excluding hydrogens is 210 g/mol. The minimum atomic E-state index is 0.256. The fourth-order valence-corrected chi connectivity index (χ4v) is 2.79. The van der Waals surface area contributed by atoms with Gasteiger partial charge in [0.25, 0.3) is 0 Å². The second-order valence-electron chi connectivity index (χ2n) is 4.04. The predicted molar refractivity (Wildman–Crippen MR) is 63.6 cm³/mol. The molecule has 0 spiro atoms. The quantitative estimate of drug-likeness (QED) is 0.829. The van der Waals surface area contributed by atoms with Crippen molar-refractivity contribution in [2.45, 2.75) is 38.1 Å². The van der Waals surface area contributed by atoms with Crippen LogP contribution in [0, 0.1) is 0 Å². The van der Waals surface area contributed by atoms with Gasteiger partial charge in [-0.2, -0.15) is 4.37 Å². The first-order valence-corrected chi connectivity index (χ1v) is 6.05. The Morgan fingerprint density at radius 2 is 2.33 bits per heavy atom. The molecule has 1 aliphatic rings. The van der Waals surface area contributed by atoms with Crippen LogP contribution in [0.5, 0.6) is 5.75 Å². The minimum Gasteiger partial charge on any atom is -0.490 e. The Morgan fingerprint density at radius 3 is 2.80 bits per heavy atom. The topological polar surface area (TPSA) is 60.2 Å². The lowest BCUT2D eigenvalue weighted by Gasteiger charge is -2.42. The summed E-state index contributed by atoms with van der Waals surface area (Å²) in [6.45, 7) is 2.21. The molecule has 1 aromatic heterocycles. The highest BCUT2D eigenvalue weighted by Gasteiger charge is 2.36. The molecule has 1 saturated carbocycles. The summed E-state index contributed by atoms with van der Waals surface area (Å²) < 4.78 is 9.33. The largest absolute Gasteiger partial charge is 0.490 e. The summed E-state index contributed by atoms with van der Waals surface area (Å²) in [7, 11) is 1.63. The van der Waals surface area contributed by atoms with Crippen LogP contribution in [0.3, 0.4) is 0 Å². The normalized spacial score (nSPS) is 18.3. The van der Waals surface area contributed by atoms with Gasteiger partial charge in [0.2, 0.25) is 0 Å². The van der Waals surface area contributed by atoms with Crippen molar-refractivity contribution < 1.29 is 4.74 Å². The number of nitrogens with two attached hydrogens (primary N) is 1. The smallest absolute Gasteiger partial charge is 0.197 e. The van der Waals surface area contributed by atoms with Gasteiger partial charge in [-0.15, -0.1) is 0 Å². The number of aromatic nitrogens is 1. The van der Waals surface area contributed by atoms with Gasteiger partial charge in [0.15, 0.2) is 16.6 Å². The molecule has 0 amide bonds. The maximum Gasteiger partial charge on any atom is 0.197 e. The first kappa shape index (κ1) is 10.5. The van der Waals surface area contributed by atoms with Gasteiger partial charge in [-0.1, -0.05) is 6.92 Å². The average Bonchev–Trinajstić information content (AvgIpc) is 2.53. The molecule has 2 rings (SSSR count). The Hall–Kier alpha value is -0.970. The van der Waals surface area contributed by atoms with Crippen LogP contribution in [0.4, 0.5) is 10.8 Å². The van der Waals surface area contributed by atoms with Gasteiger partial charge in [-0.05, 0) is 37.2 Å². The highest BCUT2D eigenvalue weighted by Crippen LogP contribution is 2.43. The van der Waals surface area contributed by atoms with E-state index in [-0.39, 0.29) is 5.54 Å². The van der Waals surface area contributed by atoms with E-state index in [1.165, 1.54) is 30.8 Å². The van der Waals surface area contributed by atoms with E-state index in [0.717, 1.165) is 11.4 Å². The number of nitrogens with one attached hydrogen (secondary N) is 1. The van der Waals surface area contributed by atoms with Crippen molar-refractivity contribution in [2.24, 2.45) is 0 Å². The molecule has 1 aliphatic carbocycles. The molecule has 1 heterocycles. The number of rotatable bonds is 4. The number of hydrogen-bond donors (Lipinski definition) is 2. The number of methoxy groups -OCH3 is 1. The van der Waals surface area contributed by atoms with Crippen LogP contribution in [0.25, 0.3) is 0 Å². The van der Waals surface area contributed by atoms with Crippen LogP contribution in [0.1, 0.15) is 32.6 Å². The summed E-state index contributed by atoms with van der Waals surface area (Å²) in [5.41, 5.74) is 5.96. The van der Waals surface area contributed by atoms with Crippen molar-refractivity contribution in [1.29, 1.82) is 0 Å². The minimum absolute atomic E-state index is 0.256. The van der Waals surface area contributed by atoms with Crippen LogP contribution < -0.4 is 15.8 Å². The van der Waals surface area contributed by atoms with E-state index in [1.807, 2.05) is 0 Å². The highest BCUT2D eigenvalue weighted by atomic mass is 32.1. The summed E-state index contributed by atoms with van der Waals surface area (Å²) in [6.07, 6.45) is 4.89. The first-order chi connectivity index (χ1) is 7.21. The Labute approximate surface area is 94.0 Å². The summed E-state index contributed by atoms with van der Waals surface area (Å²) >= 11 is 1.38. The zero-order valence-corrected chi connectivity index (χ0v) is 9.99. The average molecular weight is 227 g/mol. The van der Waals surface area contributed by atoms with E-state index in [0.29, 0.717) is 11.6 Å². The maximum atomic E-state index is 5.71. The standard InChI is InChI=1S/C10H17N3OS/c1-3-10(5-4-6-10)12-9-7(14-2)8(11)13-15-9/h12H,3-6H2,1-2H3,(H2,11,13). The predicted octanol–water partition coefficient (Wildman–Crippen LogP) is 2.48. The summed E-state index contributed by atoms with van der Waals surface area (Å²) in [5.74, 6) is 1.18. The summed E-state index contributed by atoms with van der Waals surface area (Å²) in [5, 5.41) is 4.50. The number of ether oxygens (including phenoxy) is 1. The maximum absolute atomic E-state index is 5.71. The van der Waals surface area contributed by atoms with E-state index in [1.54, 1.807) is 7.11 Å². The lowest BCUT2D eigenvalue weighted by molar-refractivity contribution is 0.269. The summed E-state index contributed by atoms with van der Waals surface area (Å²) in [4.78, 5) is 0. The molecule has 0 unspecified atom stereocenters.